The van der Waals surface area contributed by atoms with E-state index in [1.807, 2.05) is 4.90 Å². The van der Waals surface area contributed by atoms with Crippen molar-refractivity contribution < 1.29 is 4.79 Å². The molecule has 1 amide bonds. The number of hydrogen-bond acceptors (Lipinski definition) is 1. The first-order valence-electron chi connectivity index (χ1n) is 3.87. The van der Waals surface area contributed by atoms with Gasteiger partial charge in [0.05, 0.1) is 11.4 Å². The first-order valence-corrected chi connectivity index (χ1v) is 5.58. The number of halogens is 2. The van der Waals surface area contributed by atoms with E-state index in [-0.39, 0.29) is 10.7 Å². The van der Waals surface area contributed by atoms with Crippen LogP contribution in [-0.4, -0.2) is 28.7 Å². The van der Waals surface area contributed by atoms with Gasteiger partial charge in [-0.25, -0.2) is 0 Å². The van der Waals surface area contributed by atoms with E-state index in [0.29, 0.717) is 6.54 Å². The Hall–Kier alpha value is 0.170. The smallest absolute Gasteiger partial charge is 0.236 e. The molecule has 0 aliphatic carbocycles. The van der Waals surface area contributed by atoms with E-state index in [1.54, 1.807) is 0 Å². The fraction of sp³-hybridized carbons (Fsp3) is 0.625. The summed E-state index contributed by atoms with van der Waals surface area (Å²) < 4.78 is 0.859. The lowest BCUT2D eigenvalue weighted by Gasteiger charge is -2.29. The summed E-state index contributed by atoms with van der Waals surface area (Å²) in [5.74, 6) is 0.182. The number of carbonyl (C=O) groups is 1. The Kier molecular flexibility index (Phi) is 3.77. The number of rotatable bonds is 2. The summed E-state index contributed by atoms with van der Waals surface area (Å²) in [6.45, 7) is 5.19. The van der Waals surface area contributed by atoms with Gasteiger partial charge in [-0.05, 0) is 12.8 Å². The Bertz CT molecular complexity index is 205. The molecule has 0 aromatic rings. The summed E-state index contributed by atoms with van der Waals surface area (Å²) >= 11 is 6.60. The minimum Gasteiger partial charge on any atom is -0.337 e. The third kappa shape index (κ3) is 2.59. The van der Waals surface area contributed by atoms with E-state index < -0.39 is 0 Å². The van der Waals surface area contributed by atoms with E-state index in [4.69, 9.17) is 0 Å². The summed E-state index contributed by atoms with van der Waals surface area (Å²) in [6.07, 6.45) is 2.02. The highest BCUT2D eigenvalue weighted by Gasteiger charge is 2.25. The Labute approximate surface area is 89.3 Å². The normalized spacial score (nSPS) is 24.3. The fourth-order valence-electron chi connectivity index (χ4n) is 1.26. The van der Waals surface area contributed by atoms with Crippen molar-refractivity contribution in [2.24, 2.45) is 0 Å². The van der Waals surface area contributed by atoms with Crippen molar-refractivity contribution >= 4 is 37.8 Å². The average molecular weight is 297 g/mol. The molecule has 0 N–H and O–H groups in total. The zero-order valence-electron chi connectivity index (χ0n) is 6.72. The largest absolute Gasteiger partial charge is 0.337 e. The number of nitrogens with zero attached hydrogens (tertiary/aromatic N) is 1. The van der Waals surface area contributed by atoms with Gasteiger partial charge in [-0.3, -0.25) is 4.79 Å². The van der Waals surface area contributed by atoms with Crippen molar-refractivity contribution in [2.75, 3.05) is 13.1 Å². The zero-order chi connectivity index (χ0) is 9.14. The van der Waals surface area contributed by atoms with Gasteiger partial charge in [0, 0.05) is 11.0 Å². The van der Waals surface area contributed by atoms with Gasteiger partial charge in [0.25, 0.3) is 0 Å². The minimum absolute atomic E-state index is 0.0121. The molecule has 1 fully saturated rings. The van der Waals surface area contributed by atoms with Crippen molar-refractivity contribution in [3.8, 4) is 0 Å². The van der Waals surface area contributed by atoms with Crippen LogP contribution in [0.3, 0.4) is 0 Å². The van der Waals surface area contributed by atoms with Crippen LogP contribution in [0.5, 0.6) is 0 Å². The van der Waals surface area contributed by atoms with Crippen LogP contribution >= 0.6 is 31.9 Å². The molecule has 12 heavy (non-hydrogen) atoms. The van der Waals surface area contributed by atoms with Crippen LogP contribution in [0.1, 0.15) is 12.8 Å². The SMILES string of the molecule is C=C(Br)CN1CCCC(Br)C1=O. The second-order valence-corrected chi connectivity index (χ2v) is 5.11. The lowest BCUT2D eigenvalue weighted by atomic mass is 10.1. The molecule has 0 radical (unpaired) electrons. The maximum atomic E-state index is 11.5. The molecule has 0 bridgehead atoms. The molecule has 0 spiro atoms. The first-order chi connectivity index (χ1) is 5.61. The van der Waals surface area contributed by atoms with Crippen LogP contribution in [-0.2, 0) is 4.79 Å². The van der Waals surface area contributed by atoms with E-state index in [2.05, 4.69) is 38.4 Å². The second kappa shape index (κ2) is 4.42. The van der Waals surface area contributed by atoms with Crippen LogP contribution in [0.4, 0.5) is 0 Å². The van der Waals surface area contributed by atoms with Gasteiger partial charge in [0.15, 0.2) is 0 Å². The number of amides is 1. The molecule has 1 heterocycles. The van der Waals surface area contributed by atoms with Crippen LogP contribution < -0.4 is 0 Å². The monoisotopic (exact) mass is 295 g/mol. The minimum atomic E-state index is 0.0121. The van der Waals surface area contributed by atoms with Crippen molar-refractivity contribution in [1.82, 2.24) is 4.90 Å². The van der Waals surface area contributed by atoms with Gasteiger partial charge in [-0.2, -0.15) is 0 Å². The van der Waals surface area contributed by atoms with Crippen molar-refractivity contribution in [3.05, 3.63) is 11.1 Å². The third-order valence-corrected chi connectivity index (χ3v) is 2.93. The lowest BCUT2D eigenvalue weighted by Crippen LogP contribution is -2.42. The van der Waals surface area contributed by atoms with Gasteiger partial charge >= 0.3 is 0 Å². The number of likely N-dealkylation sites (tertiary alicyclic amines) is 1. The molecule has 4 heteroatoms. The summed E-state index contributed by atoms with van der Waals surface area (Å²) in [4.78, 5) is 13.3. The third-order valence-electron chi connectivity index (χ3n) is 1.83. The van der Waals surface area contributed by atoms with Crippen LogP contribution in [0.25, 0.3) is 0 Å². The predicted molar refractivity (Wildman–Crippen MR) is 56.6 cm³/mol. The van der Waals surface area contributed by atoms with Crippen LogP contribution in [0.15, 0.2) is 11.1 Å². The molecule has 0 aromatic carbocycles. The van der Waals surface area contributed by atoms with Crippen molar-refractivity contribution in [3.63, 3.8) is 0 Å². The Morgan fingerprint density at radius 1 is 1.75 bits per heavy atom. The number of carbonyl (C=O) groups excluding carboxylic acids is 1. The summed E-state index contributed by atoms with van der Waals surface area (Å²) in [7, 11) is 0. The highest BCUT2D eigenvalue weighted by Crippen LogP contribution is 2.19. The highest BCUT2D eigenvalue weighted by atomic mass is 79.9. The molecular formula is C8H11Br2NO. The summed E-state index contributed by atoms with van der Waals surface area (Å²) in [5.41, 5.74) is 0. The van der Waals surface area contributed by atoms with E-state index in [0.717, 1.165) is 23.9 Å². The van der Waals surface area contributed by atoms with Gasteiger partial charge in [-0.15, -0.1) is 0 Å². The molecule has 0 saturated carbocycles. The summed E-state index contributed by atoms with van der Waals surface area (Å²) in [6, 6.07) is 0. The maximum Gasteiger partial charge on any atom is 0.236 e. The molecule has 1 unspecified atom stereocenters. The molecule has 1 aliphatic heterocycles. The molecule has 1 rings (SSSR count). The van der Waals surface area contributed by atoms with Gasteiger partial charge < -0.3 is 4.90 Å². The van der Waals surface area contributed by atoms with Crippen LogP contribution in [0.2, 0.25) is 0 Å². The van der Waals surface area contributed by atoms with E-state index in [9.17, 15) is 4.79 Å². The van der Waals surface area contributed by atoms with Gasteiger partial charge in [0.1, 0.15) is 0 Å². The first kappa shape index (κ1) is 10.3. The maximum absolute atomic E-state index is 11.5. The van der Waals surface area contributed by atoms with Crippen LogP contribution in [0, 0.1) is 0 Å². The Morgan fingerprint density at radius 3 is 3.00 bits per heavy atom. The molecular weight excluding hydrogens is 286 g/mol. The van der Waals surface area contributed by atoms with Gasteiger partial charge in [0.2, 0.25) is 5.91 Å². The molecule has 1 saturated heterocycles. The van der Waals surface area contributed by atoms with E-state index >= 15 is 0 Å². The lowest BCUT2D eigenvalue weighted by molar-refractivity contribution is -0.131. The molecule has 2 nitrogen and oxygen atoms in total. The Morgan fingerprint density at radius 2 is 2.42 bits per heavy atom. The van der Waals surface area contributed by atoms with Gasteiger partial charge in [-0.1, -0.05) is 38.4 Å². The Balaban J connectivity index is 2.52. The molecule has 1 aliphatic rings. The molecule has 1 atom stereocenters. The second-order valence-electron chi connectivity index (χ2n) is 2.89. The average Bonchev–Trinajstić information content (AvgIpc) is 1.98. The number of hydrogen-bond donors (Lipinski definition) is 0. The standard InChI is InChI=1S/C8H11Br2NO/c1-6(9)5-11-4-2-3-7(10)8(11)12/h7H,1-5H2. The predicted octanol–water partition coefficient (Wildman–Crippen LogP) is 2.28. The molecule has 68 valence electrons. The number of piperidine rings is 1. The van der Waals surface area contributed by atoms with Crippen molar-refractivity contribution in [1.29, 1.82) is 0 Å². The molecule has 0 aromatic heterocycles. The quantitative estimate of drug-likeness (QED) is 0.716. The summed E-state index contributed by atoms with van der Waals surface area (Å²) in [5, 5.41) is 0. The van der Waals surface area contributed by atoms with Crippen molar-refractivity contribution in [2.45, 2.75) is 17.7 Å². The number of alkyl halides is 1. The topological polar surface area (TPSA) is 20.3 Å². The zero-order valence-corrected chi connectivity index (χ0v) is 9.90. The fourth-order valence-corrected chi connectivity index (χ4v) is 2.17. The van der Waals surface area contributed by atoms with E-state index in [1.165, 1.54) is 0 Å². The highest BCUT2D eigenvalue weighted by molar-refractivity contribution is 9.11.